The highest BCUT2D eigenvalue weighted by Crippen LogP contribution is 2.44. The van der Waals surface area contributed by atoms with E-state index in [1.165, 1.54) is 33.3 Å². The summed E-state index contributed by atoms with van der Waals surface area (Å²) in [6, 6.07) is 9.93. The number of likely N-dealkylation sites (tertiary alicyclic amines) is 1. The second-order valence-corrected chi connectivity index (χ2v) is 17.9. The average molecular weight is 639 g/mol. The van der Waals surface area contributed by atoms with Gasteiger partial charge in [-0.3, -0.25) is 4.79 Å². The molecule has 9 heteroatoms. The van der Waals surface area contributed by atoms with Gasteiger partial charge in [0.15, 0.2) is 0 Å². The fourth-order valence-electron chi connectivity index (χ4n) is 7.72. The average Bonchev–Trinajstić information content (AvgIpc) is 3.75. The lowest BCUT2D eigenvalue weighted by Gasteiger charge is -2.32. The molecule has 6 rings (SSSR count). The van der Waals surface area contributed by atoms with Crippen molar-refractivity contribution in [2.75, 3.05) is 26.2 Å². The van der Waals surface area contributed by atoms with Crippen molar-refractivity contribution >= 4 is 37.5 Å². The van der Waals surface area contributed by atoms with E-state index in [4.69, 9.17) is 0 Å². The Bertz CT molecular complexity index is 1590. The number of hydrogen-bond acceptors (Lipinski definition) is 5. The topological polar surface area (TPSA) is 85.5 Å². The summed E-state index contributed by atoms with van der Waals surface area (Å²) in [6.45, 7) is 15.5. The van der Waals surface area contributed by atoms with E-state index < -0.39 is 20.7 Å². The SMILES string of the molecule is Cc1cc(C)cc(-c2[nH]c3sc(C(C)(C)C(=O)N4C5CCC4CC5)cc3c2CCN2CCC(CNS(=O)(=O)C(C)C)CC2)c1. The highest BCUT2D eigenvalue weighted by Gasteiger charge is 2.47. The van der Waals surface area contributed by atoms with Crippen molar-refractivity contribution in [2.45, 2.75) is 109 Å². The van der Waals surface area contributed by atoms with E-state index in [1.54, 1.807) is 25.2 Å². The molecule has 3 fully saturated rings. The summed E-state index contributed by atoms with van der Waals surface area (Å²) in [5, 5.41) is 0.853. The van der Waals surface area contributed by atoms with E-state index in [0.29, 0.717) is 30.5 Å². The Morgan fingerprint density at radius 3 is 2.20 bits per heavy atom. The largest absolute Gasteiger partial charge is 0.346 e. The molecule has 0 atom stereocenters. The Kier molecular flexibility index (Phi) is 8.80. The molecule has 44 heavy (non-hydrogen) atoms. The molecule has 0 spiro atoms. The summed E-state index contributed by atoms with van der Waals surface area (Å²) in [7, 11) is -3.22. The molecule has 240 valence electrons. The van der Waals surface area contributed by atoms with E-state index in [1.807, 2.05) is 0 Å². The van der Waals surface area contributed by atoms with Crippen LogP contribution in [-0.4, -0.2) is 72.6 Å². The van der Waals surface area contributed by atoms with Crippen molar-refractivity contribution in [3.63, 3.8) is 0 Å². The number of amides is 1. The number of aryl methyl sites for hydroxylation is 2. The first-order valence-electron chi connectivity index (χ1n) is 16.6. The van der Waals surface area contributed by atoms with E-state index >= 15 is 0 Å². The lowest BCUT2D eigenvalue weighted by atomic mass is 9.88. The molecule has 3 aliphatic heterocycles. The van der Waals surface area contributed by atoms with Gasteiger partial charge in [-0.25, -0.2) is 13.1 Å². The fraction of sp³-hybridized carbons (Fsp3) is 0.629. The van der Waals surface area contributed by atoms with Crippen molar-refractivity contribution in [2.24, 2.45) is 5.92 Å². The van der Waals surface area contributed by atoms with Gasteiger partial charge >= 0.3 is 0 Å². The van der Waals surface area contributed by atoms with Crippen LogP contribution < -0.4 is 4.72 Å². The molecule has 1 aromatic carbocycles. The number of carbonyl (C=O) groups excluding carboxylic acids is 1. The molecule has 7 nitrogen and oxygen atoms in total. The van der Waals surface area contributed by atoms with Crippen LogP contribution >= 0.6 is 11.3 Å². The minimum atomic E-state index is -3.22. The molecule has 2 N–H and O–H groups in total. The van der Waals surface area contributed by atoms with Crippen LogP contribution in [0, 0.1) is 19.8 Å². The van der Waals surface area contributed by atoms with Gasteiger partial charge < -0.3 is 14.8 Å². The molecule has 3 saturated heterocycles. The van der Waals surface area contributed by atoms with Gasteiger partial charge in [-0.1, -0.05) is 17.2 Å². The second kappa shape index (κ2) is 12.2. The maximum absolute atomic E-state index is 13.9. The number of H-pyrrole nitrogens is 1. The first kappa shape index (κ1) is 31.8. The van der Waals surface area contributed by atoms with Gasteiger partial charge in [0.05, 0.1) is 16.4 Å². The number of aromatic amines is 1. The van der Waals surface area contributed by atoms with Crippen molar-refractivity contribution < 1.29 is 13.2 Å². The Hall–Kier alpha value is -2.20. The quantitative estimate of drug-likeness (QED) is 0.265. The Morgan fingerprint density at radius 1 is 1.00 bits per heavy atom. The van der Waals surface area contributed by atoms with E-state index in [-0.39, 0.29) is 0 Å². The smallest absolute Gasteiger partial charge is 0.233 e. The molecule has 0 radical (unpaired) electrons. The number of nitrogens with zero attached hydrogens (tertiary/aromatic N) is 2. The first-order chi connectivity index (χ1) is 20.8. The molecule has 0 aliphatic carbocycles. The molecule has 1 amide bonds. The molecule has 5 heterocycles. The highest BCUT2D eigenvalue weighted by molar-refractivity contribution is 7.90. The van der Waals surface area contributed by atoms with Gasteiger partial charge in [0, 0.05) is 35.4 Å². The van der Waals surface area contributed by atoms with Crippen LogP contribution in [0.1, 0.15) is 87.8 Å². The molecule has 2 bridgehead atoms. The van der Waals surface area contributed by atoms with Gasteiger partial charge in [0.1, 0.15) is 4.83 Å². The van der Waals surface area contributed by atoms with Gasteiger partial charge in [-0.2, -0.15) is 0 Å². The summed E-state index contributed by atoms with van der Waals surface area (Å²) < 4.78 is 27.3. The second-order valence-electron chi connectivity index (χ2n) is 14.5. The molecule has 3 aromatic rings. The predicted molar refractivity (Wildman–Crippen MR) is 182 cm³/mol. The molecule has 0 unspecified atom stereocenters. The number of benzene rings is 1. The van der Waals surface area contributed by atoms with Crippen LogP contribution in [0.5, 0.6) is 0 Å². The van der Waals surface area contributed by atoms with E-state index in [2.05, 4.69) is 71.5 Å². The summed E-state index contributed by atoms with van der Waals surface area (Å²) in [6.07, 6.45) is 7.57. The third-order valence-corrected chi connectivity index (χ3v) is 13.7. The lowest BCUT2D eigenvalue weighted by Crippen LogP contribution is -2.45. The minimum Gasteiger partial charge on any atom is -0.346 e. The summed E-state index contributed by atoms with van der Waals surface area (Å²) >= 11 is 1.75. The van der Waals surface area contributed by atoms with E-state index in [9.17, 15) is 13.2 Å². The van der Waals surface area contributed by atoms with Crippen LogP contribution in [0.15, 0.2) is 24.3 Å². The molecular formula is C35H50N4O3S2. The van der Waals surface area contributed by atoms with E-state index in [0.717, 1.165) is 74.3 Å². The van der Waals surface area contributed by atoms with Crippen molar-refractivity contribution in [1.29, 1.82) is 0 Å². The highest BCUT2D eigenvalue weighted by atomic mass is 32.2. The van der Waals surface area contributed by atoms with Crippen LogP contribution in [-0.2, 0) is 26.7 Å². The minimum absolute atomic E-state index is 0.293. The summed E-state index contributed by atoms with van der Waals surface area (Å²) in [4.78, 5) is 24.8. The number of piperidine rings is 1. The first-order valence-corrected chi connectivity index (χ1v) is 19.0. The van der Waals surface area contributed by atoms with Crippen LogP contribution in [0.3, 0.4) is 0 Å². The summed E-state index contributed by atoms with van der Waals surface area (Å²) in [5.74, 6) is 0.677. The number of hydrogen-bond donors (Lipinski definition) is 2. The van der Waals surface area contributed by atoms with Gasteiger partial charge in [-0.05, 0) is 135 Å². The number of sulfonamides is 1. The third-order valence-electron chi connectivity index (χ3n) is 10.5. The fourth-order valence-corrected chi connectivity index (χ4v) is 9.71. The number of aromatic nitrogens is 1. The monoisotopic (exact) mass is 638 g/mol. The van der Waals surface area contributed by atoms with Gasteiger partial charge in [0.2, 0.25) is 15.9 Å². The van der Waals surface area contributed by atoms with Crippen LogP contribution in [0.4, 0.5) is 0 Å². The lowest BCUT2D eigenvalue weighted by molar-refractivity contribution is -0.137. The standard InChI is InChI=1S/C35H50N4O3S2/c1-22(2)44(41,42)36-21-25-11-14-38(15-12-25)16-13-29-30-20-31(35(5,6)34(40)39-27-7-8-28(39)10-9-27)43-33(30)37-32(29)26-18-23(3)17-24(4)19-26/h17-20,22,25,27-28,36-37H,7-16,21H2,1-6H3. The number of rotatable bonds is 10. The maximum Gasteiger partial charge on any atom is 0.233 e. The zero-order valence-corrected chi connectivity index (χ0v) is 29.0. The number of fused-ring (bicyclic) bond motifs is 3. The van der Waals surface area contributed by atoms with Crippen molar-refractivity contribution in [3.05, 3.63) is 45.8 Å². The van der Waals surface area contributed by atoms with Gasteiger partial charge in [0.25, 0.3) is 0 Å². The van der Waals surface area contributed by atoms with Crippen LogP contribution in [0.2, 0.25) is 0 Å². The molecule has 2 aromatic heterocycles. The number of carbonyl (C=O) groups is 1. The Morgan fingerprint density at radius 2 is 1.61 bits per heavy atom. The molecular weight excluding hydrogens is 589 g/mol. The van der Waals surface area contributed by atoms with Crippen LogP contribution in [0.25, 0.3) is 21.5 Å². The number of thiophene rings is 1. The predicted octanol–water partition coefficient (Wildman–Crippen LogP) is 6.53. The number of nitrogens with one attached hydrogen (secondary N) is 2. The maximum atomic E-state index is 13.9. The Balaban J connectivity index is 1.22. The molecule has 3 aliphatic rings. The van der Waals surface area contributed by atoms with Crippen molar-refractivity contribution in [3.8, 4) is 11.3 Å². The van der Waals surface area contributed by atoms with Gasteiger partial charge in [-0.15, -0.1) is 11.3 Å². The third kappa shape index (κ3) is 6.14. The molecule has 0 saturated carbocycles. The normalized spacial score (nSPS) is 21.8. The Labute approximate surface area is 267 Å². The zero-order valence-electron chi connectivity index (χ0n) is 27.3. The van der Waals surface area contributed by atoms with Crippen molar-refractivity contribution in [1.82, 2.24) is 19.5 Å². The summed E-state index contributed by atoms with van der Waals surface area (Å²) in [5.41, 5.74) is 5.72. The zero-order chi connectivity index (χ0) is 31.4.